The molecule has 1 N–H and O–H groups in total. The maximum absolute atomic E-state index is 5.23. The summed E-state index contributed by atoms with van der Waals surface area (Å²) in [4.78, 5) is 10.7. The molecule has 0 aliphatic heterocycles. The Morgan fingerprint density at radius 1 is 1.32 bits per heavy atom. The van der Waals surface area contributed by atoms with Crippen molar-refractivity contribution in [2.24, 2.45) is 0 Å². The summed E-state index contributed by atoms with van der Waals surface area (Å²) in [6.07, 6.45) is 1.77. The van der Waals surface area contributed by atoms with Crippen LogP contribution in [-0.2, 0) is 6.54 Å². The Kier molecular flexibility index (Phi) is 4.30. The molecule has 1 aromatic carbocycles. The van der Waals surface area contributed by atoms with Gasteiger partial charge < -0.3 is 15.0 Å². The average molecular weight is 258 g/mol. The third-order valence-corrected chi connectivity index (χ3v) is 2.81. The quantitative estimate of drug-likeness (QED) is 0.888. The fourth-order valence-electron chi connectivity index (χ4n) is 1.77. The lowest BCUT2D eigenvalue weighted by Crippen LogP contribution is -2.15. The molecule has 0 unspecified atom stereocenters. The van der Waals surface area contributed by atoms with Gasteiger partial charge in [0.05, 0.1) is 13.7 Å². The molecule has 5 nitrogen and oxygen atoms in total. The second kappa shape index (κ2) is 6.15. The van der Waals surface area contributed by atoms with E-state index in [1.807, 2.05) is 49.3 Å². The maximum Gasteiger partial charge on any atom is 0.144 e. The number of nitrogens with one attached hydrogen (secondary N) is 1. The van der Waals surface area contributed by atoms with E-state index in [-0.39, 0.29) is 0 Å². The van der Waals surface area contributed by atoms with Crippen molar-refractivity contribution in [1.29, 1.82) is 0 Å². The summed E-state index contributed by atoms with van der Waals surface area (Å²) in [5.41, 5.74) is 1.02. The second-order valence-corrected chi connectivity index (χ2v) is 4.12. The van der Waals surface area contributed by atoms with Crippen LogP contribution in [0.15, 0.2) is 36.5 Å². The molecule has 0 fully saturated rings. The molecular weight excluding hydrogens is 240 g/mol. The Hall–Kier alpha value is -2.14. The zero-order valence-electron chi connectivity index (χ0n) is 11.4. The minimum atomic E-state index is 0.653. The predicted octanol–water partition coefficient (Wildman–Crippen LogP) is 1.97. The number of methoxy groups -OCH3 is 1. The molecule has 1 aromatic heterocycles. The molecule has 0 spiro atoms. The maximum atomic E-state index is 5.23. The van der Waals surface area contributed by atoms with Crippen molar-refractivity contribution >= 4 is 11.5 Å². The van der Waals surface area contributed by atoms with E-state index in [2.05, 4.69) is 15.3 Å². The summed E-state index contributed by atoms with van der Waals surface area (Å²) in [5.74, 6) is 2.46. The van der Waals surface area contributed by atoms with Gasteiger partial charge in [0.15, 0.2) is 0 Å². The lowest BCUT2D eigenvalue weighted by atomic mass is 10.3. The summed E-state index contributed by atoms with van der Waals surface area (Å²) in [6.45, 7) is 0.653. The van der Waals surface area contributed by atoms with Crippen LogP contribution in [0.1, 0.15) is 5.82 Å². The van der Waals surface area contributed by atoms with E-state index in [1.54, 1.807) is 13.3 Å². The molecule has 2 aromatic rings. The van der Waals surface area contributed by atoms with Crippen LogP contribution in [-0.4, -0.2) is 31.2 Å². The first-order valence-corrected chi connectivity index (χ1v) is 6.09. The van der Waals surface area contributed by atoms with E-state index in [9.17, 15) is 0 Å². The van der Waals surface area contributed by atoms with Gasteiger partial charge in [-0.2, -0.15) is 0 Å². The van der Waals surface area contributed by atoms with Crippen molar-refractivity contribution in [2.45, 2.75) is 6.54 Å². The van der Waals surface area contributed by atoms with Crippen LogP contribution >= 0.6 is 0 Å². The van der Waals surface area contributed by atoms with Crippen molar-refractivity contribution in [2.75, 3.05) is 26.1 Å². The third kappa shape index (κ3) is 3.20. The summed E-state index contributed by atoms with van der Waals surface area (Å²) in [6, 6.07) is 9.75. The van der Waals surface area contributed by atoms with Gasteiger partial charge in [-0.25, -0.2) is 9.97 Å². The smallest absolute Gasteiger partial charge is 0.144 e. The number of nitrogens with zero attached hydrogens (tertiary/aromatic N) is 3. The summed E-state index contributed by atoms with van der Waals surface area (Å²) < 4.78 is 5.23. The largest absolute Gasteiger partial charge is 0.497 e. The first kappa shape index (κ1) is 13.3. The highest BCUT2D eigenvalue weighted by atomic mass is 16.5. The van der Waals surface area contributed by atoms with Crippen molar-refractivity contribution in [3.63, 3.8) is 0 Å². The third-order valence-electron chi connectivity index (χ3n) is 2.81. The topological polar surface area (TPSA) is 50.3 Å². The molecule has 0 saturated carbocycles. The van der Waals surface area contributed by atoms with Crippen LogP contribution in [0.5, 0.6) is 5.75 Å². The lowest BCUT2D eigenvalue weighted by Gasteiger charge is -2.19. The minimum absolute atomic E-state index is 0.653. The second-order valence-electron chi connectivity index (χ2n) is 4.12. The number of anilines is 2. The zero-order valence-corrected chi connectivity index (χ0v) is 11.4. The molecule has 2 rings (SSSR count). The van der Waals surface area contributed by atoms with Crippen molar-refractivity contribution in [1.82, 2.24) is 15.3 Å². The Morgan fingerprint density at radius 2 is 2.16 bits per heavy atom. The zero-order chi connectivity index (χ0) is 13.7. The first-order valence-electron chi connectivity index (χ1n) is 6.09. The highest BCUT2D eigenvalue weighted by Gasteiger charge is 2.07. The number of rotatable bonds is 5. The molecule has 100 valence electrons. The summed E-state index contributed by atoms with van der Waals surface area (Å²) in [5, 5.41) is 3.04. The number of hydrogen-bond donors (Lipinski definition) is 1. The molecule has 0 amide bonds. The number of hydrogen-bond acceptors (Lipinski definition) is 5. The fraction of sp³-hybridized carbons (Fsp3) is 0.286. The molecule has 0 radical (unpaired) electrons. The Morgan fingerprint density at radius 3 is 2.89 bits per heavy atom. The Balaban J connectivity index is 2.27. The van der Waals surface area contributed by atoms with Gasteiger partial charge in [0, 0.05) is 25.0 Å². The van der Waals surface area contributed by atoms with E-state index in [0.29, 0.717) is 6.54 Å². The van der Waals surface area contributed by atoms with Crippen molar-refractivity contribution in [3.05, 3.63) is 42.4 Å². The normalized spacial score (nSPS) is 10.3. The highest BCUT2D eigenvalue weighted by molar-refractivity contribution is 5.60. The van der Waals surface area contributed by atoms with Gasteiger partial charge in [0.2, 0.25) is 0 Å². The van der Waals surface area contributed by atoms with Gasteiger partial charge in [0.1, 0.15) is 17.4 Å². The monoisotopic (exact) mass is 258 g/mol. The molecule has 0 atom stereocenters. The standard InChI is InChI=1S/C14H18N4O/c1-15-10-13-16-8-7-14(17-13)18(2)11-5-4-6-12(9-11)19-3/h4-9,15H,10H2,1-3H3. The van der Waals surface area contributed by atoms with Gasteiger partial charge in [-0.05, 0) is 25.2 Å². The number of aromatic nitrogens is 2. The Bertz CT molecular complexity index is 544. The molecule has 5 heteroatoms. The molecule has 0 aliphatic rings. The van der Waals surface area contributed by atoms with E-state index < -0.39 is 0 Å². The van der Waals surface area contributed by atoms with E-state index >= 15 is 0 Å². The average Bonchev–Trinajstić information content (AvgIpc) is 2.47. The number of ether oxygens (including phenoxy) is 1. The molecule has 0 aliphatic carbocycles. The number of benzene rings is 1. The van der Waals surface area contributed by atoms with Gasteiger partial charge in [-0.3, -0.25) is 0 Å². The van der Waals surface area contributed by atoms with Crippen LogP contribution in [0, 0.1) is 0 Å². The van der Waals surface area contributed by atoms with E-state index in [1.165, 1.54) is 0 Å². The summed E-state index contributed by atoms with van der Waals surface area (Å²) in [7, 11) is 5.51. The van der Waals surface area contributed by atoms with E-state index in [0.717, 1.165) is 23.1 Å². The van der Waals surface area contributed by atoms with Crippen LogP contribution in [0.2, 0.25) is 0 Å². The Labute approximate surface area is 113 Å². The van der Waals surface area contributed by atoms with Crippen molar-refractivity contribution < 1.29 is 4.74 Å². The molecule has 0 bridgehead atoms. The van der Waals surface area contributed by atoms with Crippen LogP contribution in [0.3, 0.4) is 0 Å². The fourth-order valence-corrected chi connectivity index (χ4v) is 1.77. The van der Waals surface area contributed by atoms with Gasteiger partial charge >= 0.3 is 0 Å². The SMILES string of the molecule is CNCc1nccc(N(C)c2cccc(OC)c2)n1. The lowest BCUT2D eigenvalue weighted by molar-refractivity contribution is 0.415. The van der Waals surface area contributed by atoms with Gasteiger partial charge in [-0.1, -0.05) is 6.07 Å². The minimum Gasteiger partial charge on any atom is -0.497 e. The molecular formula is C14H18N4O. The van der Waals surface area contributed by atoms with E-state index in [4.69, 9.17) is 4.74 Å². The molecule has 19 heavy (non-hydrogen) atoms. The highest BCUT2D eigenvalue weighted by Crippen LogP contribution is 2.25. The van der Waals surface area contributed by atoms with Crippen LogP contribution in [0.25, 0.3) is 0 Å². The van der Waals surface area contributed by atoms with Gasteiger partial charge in [-0.15, -0.1) is 0 Å². The van der Waals surface area contributed by atoms with Crippen molar-refractivity contribution in [3.8, 4) is 5.75 Å². The molecule has 1 heterocycles. The summed E-state index contributed by atoms with van der Waals surface area (Å²) >= 11 is 0. The van der Waals surface area contributed by atoms with Crippen LogP contribution in [0.4, 0.5) is 11.5 Å². The first-order chi connectivity index (χ1) is 9.24. The van der Waals surface area contributed by atoms with Gasteiger partial charge in [0.25, 0.3) is 0 Å². The molecule has 0 saturated heterocycles. The predicted molar refractivity (Wildman–Crippen MR) is 75.9 cm³/mol. The van der Waals surface area contributed by atoms with Crippen LogP contribution < -0.4 is 15.0 Å².